The maximum Gasteiger partial charge on any atom is 0.446 e. The van der Waals surface area contributed by atoms with Crippen LogP contribution in [0.15, 0.2) is 0 Å². The molecule has 0 amide bonds. The minimum Gasteiger partial charge on any atom is -0.431 e. The van der Waals surface area contributed by atoms with Crippen LogP contribution in [0.25, 0.3) is 0 Å². The van der Waals surface area contributed by atoms with Gasteiger partial charge in [0.25, 0.3) is 0 Å². The largest absolute Gasteiger partial charge is 0.446 e. The van der Waals surface area contributed by atoms with Gasteiger partial charge in [-0.05, 0) is 59.7 Å². The molecule has 0 unspecified atom stereocenters. The first-order valence-electron chi connectivity index (χ1n) is 7.41. The van der Waals surface area contributed by atoms with E-state index in [9.17, 15) is 0 Å². The molecule has 0 radical (unpaired) electrons. The molecule has 0 aromatic carbocycles. The molecule has 0 spiro atoms. The molecule has 2 fully saturated rings. The highest BCUT2D eigenvalue weighted by molar-refractivity contribution is 7.14. The van der Waals surface area contributed by atoms with E-state index in [2.05, 4.69) is 55.4 Å². The van der Waals surface area contributed by atoms with Crippen LogP contribution in [-0.4, -0.2) is 30.6 Å². The Labute approximate surface area is 119 Å². The van der Waals surface area contributed by atoms with Crippen molar-refractivity contribution < 1.29 is 14.0 Å². The second-order valence-electron chi connectivity index (χ2n) is 8.21. The van der Waals surface area contributed by atoms with Gasteiger partial charge in [0.05, 0.1) is 16.8 Å². The van der Waals surface area contributed by atoms with Crippen LogP contribution in [0.3, 0.4) is 0 Å². The predicted octanol–water partition coefficient (Wildman–Crippen LogP) is 3.37. The van der Waals surface area contributed by atoms with Crippen molar-refractivity contribution in [3.63, 3.8) is 0 Å². The monoisotopic (exact) mass is 266 g/mol. The smallest absolute Gasteiger partial charge is 0.431 e. The molecule has 0 aromatic heterocycles. The Balaban J connectivity index is 2.11. The van der Waals surface area contributed by atoms with E-state index in [1.54, 1.807) is 0 Å². The van der Waals surface area contributed by atoms with Crippen molar-refractivity contribution in [1.82, 2.24) is 0 Å². The zero-order valence-corrected chi connectivity index (χ0v) is 13.8. The molecule has 2 rings (SSSR count). The quantitative estimate of drug-likeness (QED) is 0.681. The maximum atomic E-state index is 6.31. The van der Waals surface area contributed by atoms with Gasteiger partial charge >= 0.3 is 13.8 Å². The van der Waals surface area contributed by atoms with Crippen LogP contribution in [0, 0.1) is 5.41 Å². The van der Waals surface area contributed by atoms with Crippen LogP contribution in [0.2, 0.25) is 6.32 Å². The minimum absolute atomic E-state index is 0.0316. The first-order chi connectivity index (χ1) is 8.38. The normalized spacial score (nSPS) is 31.6. The molecule has 3 nitrogen and oxygen atoms in total. The van der Waals surface area contributed by atoms with Crippen molar-refractivity contribution in [1.29, 1.82) is 0 Å². The lowest BCUT2D eigenvalue weighted by molar-refractivity contribution is -0.0317. The first-order valence-corrected chi connectivity index (χ1v) is 7.41. The van der Waals surface area contributed by atoms with Crippen molar-refractivity contribution in [2.24, 2.45) is 5.41 Å². The lowest BCUT2D eigenvalue weighted by atomic mass is 9.32. The third-order valence-electron chi connectivity index (χ3n) is 5.70. The minimum atomic E-state index is -0.280. The summed E-state index contributed by atoms with van der Waals surface area (Å²) in [5, 5.41) is 0. The van der Waals surface area contributed by atoms with E-state index >= 15 is 0 Å². The van der Waals surface area contributed by atoms with Gasteiger partial charge < -0.3 is 14.0 Å². The van der Waals surface area contributed by atoms with Gasteiger partial charge in [0, 0.05) is 0 Å². The number of hydrogen-bond acceptors (Lipinski definition) is 3. The molecular weight excluding hydrogens is 238 g/mol. The Morgan fingerprint density at radius 3 is 1.58 bits per heavy atom. The average molecular weight is 266 g/mol. The van der Waals surface area contributed by atoms with E-state index in [0.29, 0.717) is 0 Å². The molecule has 0 bridgehead atoms. The predicted molar refractivity (Wildman–Crippen MR) is 80.2 cm³/mol. The van der Waals surface area contributed by atoms with Gasteiger partial charge in [0.1, 0.15) is 0 Å². The van der Waals surface area contributed by atoms with Crippen molar-refractivity contribution in [3.8, 4) is 0 Å². The summed E-state index contributed by atoms with van der Waals surface area (Å²) in [7, 11) is -0.250. The summed E-state index contributed by atoms with van der Waals surface area (Å²) < 4.78 is 18.5. The molecular formula is C14H28B2O3. The van der Waals surface area contributed by atoms with E-state index in [4.69, 9.17) is 14.0 Å². The summed E-state index contributed by atoms with van der Waals surface area (Å²) in [5.74, 6) is 0. The average Bonchev–Trinajstić information content (AvgIpc) is 2.41. The van der Waals surface area contributed by atoms with Crippen molar-refractivity contribution in [2.75, 3.05) is 0 Å². The lowest BCUT2D eigenvalue weighted by Gasteiger charge is -2.48. The SMILES string of the molecule is CC1(C)CCB(B2OC(C)(C)C(C)(C)O2)OC1(C)C. The van der Waals surface area contributed by atoms with Gasteiger partial charge in [-0.25, -0.2) is 0 Å². The molecule has 2 aliphatic heterocycles. The Kier molecular flexibility index (Phi) is 3.45. The Bertz CT molecular complexity index is 348. The first kappa shape index (κ1) is 15.4. The number of hydrogen-bond donors (Lipinski definition) is 0. The summed E-state index contributed by atoms with van der Waals surface area (Å²) in [4.78, 5) is 0. The standard InChI is InChI=1S/C14H28B2O3/c1-11(2)9-10-15(17-12(11,3)4)16-18-13(5,6)14(7,8)19-16/h9-10H2,1-8H3. The van der Waals surface area contributed by atoms with Gasteiger partial charge in [0.15, 0.2) is 0 Å². The van der Waals surface area contributed by atoms with Crippen molar-refractivity contribution in [3.05, 3.63) is 0 Å². The third kappa shape index (κ3) is 2.50. The van der Waals surface area contributed by atoms with Crippen molar-refractivity contribution in [2.45, 2.75) is 84.9 Å². The fourth-order valence-corrected chi connectivity index (χ4v) is 2.63. The Morgan fingerprint density at radius 1 is 0.684 bits per heavy atom. The molecule has 5 heteroatoms. The van der Waals surface area contributed by atoms with E-state index in [1.807, 2.05) is 0 Å². The second-order valence-corrected chi connectivity index (χ2v) is 8.21. The molecule has 2 saturated heterocycles. The molecule has 0 N–H and O–H groups in total. The van der Waals surface area contributed by atoms with E-state index in [1.165, 1.54) is 0 Å². The highest BCUT2D eigenvalue weighted by atomic mass is 16.7. The van der Waals surface area contributed by atoms with Crippen LogP contribution in [0.4, 0.5) is 0 Å². The topological polar surface area (TPSA) is 27.7 Å². The van der Waals surface area contributed by atoms with Gasteiger partial charge in [0.2, 0.25) is 0 Å². The number of rotatable bonds is 1. The Hall–Kier alpha value is 0.00987. The van der Waals surface area contributed by atoms with Crippen LogP contribution in [0.5, 0.6) is 0 Å². The van der Waals surface area contributed by atoms with E-state index in [-0.39, 0.29) is 36.0 Å². The second kappa shape index (κ2) is 4.25. The molecule has 19 heavy (non-hydrogen) atoms. The summed E-state index contributed by atoms with van der Waals surface area (Å²) >= 11 is 0. The molecule has 0 atom stereocenters. The summed E-state index contributed by atoms with van der Waals surface area (Å²) in [6.07, 6.45) is 2.13. The lowest BCUT2D eigenvalue weighted by Crippen LogP contribution is -2.56. The molecule has 0 aromatic rings. The molecule has 2 aliphatic rings. The van der Waals surface area contributed by atoms with Crippen LogP contribution in [0.1, 0.15) is 61.8 Å². The van der Waals surface area contributed by atoms with Crippen LogP contribution < -0.4 is 0 Å². The zero-order chi connectivity index (χ0) is 14.7. The molecule has 108 valence electrons. The summed E-state index contributed by atoms with van der Waals surface area (Å²) in [5.41, 5.74) is -0.525. The van der Waals surface area contributed by atoms with E-state index < -0.39 is 0 Å². The fourth-order valence-electron chi connectivity index (χ4n) is 2.63. The summed E-state index contributed by atoms with van der Waals surface area (Å²) in [6.45, 7) is 17.3. The maximum absolute atomic E-state index is 6.31. The fraction of sp³-hybridized carbons (Fsp3) is 1.00. The van der Waals surface area contributed by atoms with Gasteiger partial charge in [-0.3, -0.25) is 0 Å². The third-order valence-corrected chi connectivity index (χ3v) is 5.70. The van der Waals surface area contributed by atoms with Gasteiger partial charge in [-0.15, -0.1) is 0 Å². The molecule has 0 aliphatic carbocycles. The van der Waals surface area contributed by atoms with Crippen molar-refractivity contribution >= 4 is 13.8 Å². The van der Waals surface area contributed by atoms with Crippen LogP contribution >= 0.6 is 0 Å². The highest BCUT2D eigenvalue weighted by Gasteiger charge is 2.58. The zero-order valence-electron chi connectivity index (χ0n) is 13.8. The van der Waals surface area contributed by atoms with Crippen LogP contribution in [-0.2, 0) is 14.0 Å². The molecule has 0 saturated carbocycles. The summed E-state index contributed by atoms with van der Waals surface area (Å²) in [6, 6.07) is 0. The Morgan fingerprint density at radius 2 is 1.16 bits per heavy atom. The van der Waals surface area contributed by atoms with Gasteiger partial charge in [-0.2, -0.15) is 0 Å². The highest BCUT2D eigenvalue weighted by Crippen LogP contribution is 2.46. The molecule has 2 heterocycles. The van der Waals surface area contributed by atoms with Gasteiger partial charge in [-0.1, -0.05) is 13.8 Å². The van der Waals surface area contributed by atoms with E-state index in [0.717, 1.165) is 12.7 Å².